The van der Waals surface area contributed by atoms with Crippen molar-refractivity contribution in [1.82, 2.24) is 25.0 Å². The Morgan fingerprint density at radius 3 is 3.08 bits per heavy atom. The first-order valence-electron chi connectivity index (χ1n) is 8.23. The van der Waals surface area contributed by atoms with Crippen LogP contribution in [0.4, 0.5) is 0 Å². The van der Waals surface area contributed by atoms with Crippen molar-refractivity contribution in [2.75, 3.05) is 19.3 Å². The van der Waals surface area contributed by atoms with E-state index in [0.29, 0.717) is 13.1 Å². The van der Waals surface area contributed by atoms with Crippen LogP contribution in [0.2, 0.25) is 0 Å². The van der Waals surface area contributed by atoms with Gasteiger partial charge in [0.15, 0.2) is 11.0 Å². The molecule has 24 heavy (non-hydrogen) atoms. The van der Waals surface area contributed by atoms with Gasteiger partial charge < -0.3 is 9.88 Å². The number of nitrogens with one attached hydrogen (secondary N) is 1. The van der Waals surface area contributed by atoms with Gasteiger partial charge in [-0.25, -0.2) is 0 Å². The second-order valence-corrected chi connectivity index (χ2v) is 7.58. The molecular formula is C16H23N5OS2. The van der Waals surface area contributed by atoms with E-state index in [0.717, 1.165) is 36.9 Å². The average molecular weight is 366 g/mol. The zero-order valence-electron chi connectivity index (χ0n) is 14.1. The van der Waals surface area contributed by atoms with Gasteiger partial charge in [0, 0.05) is 11.4 Å². The second-order valence-electron chi connectivity index (χ2n) is 5.77. The lowest BCUT2D eigenvalue weighted by molar-refractivity contribution is -0.122. The Bertz CT molecular complexity index is 670. The Balaban J connectivity index is 1.63. The van der Waals surface area contributed by atoms with Crippen molar-refractivity contribution in [3.63, 3.8) is 0 Å². The number of nitrogens with zero attached hydrogens (tertiary/aromatic N) is 4. The minimum absolute atomic E-state index is 0.0722. The summed E-state index contributed by atoms with van der Waals surface area (Å²) in [5, 5.41) is 14.7. The summed E-state index contributed by atoms with van der Waals surface area (Å²) in [6.45, 7) is 4.92. The van der Waals surface area contributed by atoms with E-state index in [1.165, 1.54) is 4.88 Å². The van der Waals surface area contributed by atoms with Gasteiger partial charge in [-0.15, -0.1) is 21.5 Å². The first-order chi connectivity index (χ1) is 11.7. The first-order valence-corrected chi connectivity index (χ1v) is 10.3. The molecule has 1 saturated heterocycles. The molecule has 3 heterocycles. The van der Waals surface area contributed by atoms with E-state index in [1.807, 2.05) is 23.8 Å². The van der Waals surface area contributed by atoms with E-state index in [2.05, 4.69) is 31.9 Å². The largest absolute Gasteiger partial charge is 0.350 e. The fourth-order valence-corrected chi connectivity index (χ4v) is 4.35. The van der Waals surface area contributed by atoms with E-state index in [1.54, 1.807) is 23.1 Å². The van der Waals surface area contributed by atoms with Gasteiger partial charge in [0.05, 0.1) is 19.1 Å². The summed E-state index contributed by atoms with van der Waals surface area (Å²) in [5.74, 6) is 1.06. The Kier molecular flexibility index (Phi) is 5.91. The molecule has 0 bridgehead atoms. The van der Waals surface area contributed by atoms with Gasteiger partial charge in [0.1, 0.15) is 0 Å². The molecule has 1 aliphatic rings. The number of carbonyl (C=O) groups is 1. The van der Waals surface area contributed by atoms with Gasteiger partial charge >= 0.3 is 0 Å². The maximum Gasteiger partial charge on any atom is 0.234 e. The molecule has 0 radical (unpaired) electrons. The predicted octanol–water partition coefficient (Wildman–Crippen LogP) is 2.53. The van der Waals surface area contributed by atoms with E-state index >= 15 is 0 Å². The summed E-state index contributed by atoms with van der Waals surface area (Å²) in [5.41, 5.74) is 0. The van der Waals surface area contributed by atoms with Crippen molar-refractivity contribution in [2.24, 2.45) is 0 Å². The zero-order chi connectivity index (χ0) is 16.9. The molecule has 2 aromatic rings. The third-order valence-corrected chi connectivity index (χ3v) is 5.84. The third-order valence-electron chi connectivity index (χ3n) is 4.29. The fourth-order valence-electron chi connectivity index (χ4n) is 3.14. The molecule has 1 fully saturated rings. The van der Waals surface area contributed by atoms with Crippen molar-refractivity contribution in [3.05, 3.63) is 28.2 Å². The van der Waals surface area contributed by atoms with Gasteiger partial charge in [-0.2, -0.15) is 0 Å². The summed E-state index contributed by atoms with van der Waals surface area (Å²) in [6, 6.07) is 4.23. The standard InChI is InChI=1S/C16H23N5OS2/c1-3-21-15(18-19-16(21)23-2)13-7-4-8-20(13)11-14(22)17-10-12-6-5-9-24-12/h5-6,9,13H,3-4,7-8,10-11H2,1-2H3,(H,17,22)/t13-/m1/s1. The number of rotatable bonds is 7. The predicted molar refractivity (Wildman–Crippen MR) is 97.2 cm³/mol. The number of aromatic nitrogens is 3. The molecule has 0 spiro atoms. The van der Waals surface area contributed by atoms with Crippen molar-refractivity contribution < 1.29 is 4.79 Å². The van der Waals surface area contributed by atoms with E-state index in [-0.39, 0.29) is 11.9 Å². The SMILES string of the molecule is CCn1c(SC)nnc1[C@H]1CCCN1CC(=O)NCc1cccs1. The number of hydrogen-bond acceptors (Lipinski definition) is 6. The maximum atomic E-state index is 12.3. The highest BCUT2D eigenvalue weighted by molar-refractivity contribution is 7.98. The molecule has 1 atom stereocenters. The van der Waals surface area contributed by atoms with Crippen LogP contribution >= 0.6 is 23.1 Å². The first kappa shape index (κ1) is 17.4. The second kappa shape index (κ2) is 8.13. The smallest absolute Gasteiger partial charge is 0.234 e. The van der Waals surface area contributed by atoms with Crippen LogP contribution in [0.1, 0.15) is 36.5 Å². The van der Waals surface area contributed by atoms with Crippen LogP contribution in [0.15, 0.2) is 22.7 Å². The van der Waals surface area contributed by atoms with Crippen LogP contribution < -0.4 is 5.32 Å². The lowest BCUT2D eigenvalue weighted by Crippen LogP contribution is -2.37. The summed E-state index contributed by atoms with van der Waals surface area (Å²) < 4.78 is 2.16. The monoisotopic (exact) mass is 365 g/mol. The number of thiophene rings is 1. The lowest BCUT2D eigenvalue weighted by Gasteiger charge is -2.23. The Morgan fingerprint density at radius 2 is 2.38 bits per heavy atom. The number of carbonyl (C=O) groups excluding carboxylic acids is 1. The highest BCUT2D eigenvalue weighted by Crippen LogP contribution is 2.32. The van der Waals surface area contributed by atoms with E-state index < -0.39 is 0 Å². The topological polar surface area (TPSA) is 63.1 Å². The van der Waals surface area contributed by atoms with Crippen LogP contribution in [-0.4, -0.2) is 44.9 Å². The van der Waals surface area contributed by atoms with Crippen molar-refractivity contribution in [3.8, 4) is 0 Å². The summed E-state index contributed by atoms with van der Waals surface area (Å²) in [4.78, 5) is 15.7. The normalized spacial score (nSPS) is 18.2. The van der Waals surface area contributed by atoms with Crippen LogP contribution in [0, 0.1) is 0 Å². The molecule has 1 N–H and O–H groups in total. The molecule has 1 aliphatic heterocycles. The van der Waals surface area contributed by atoms with Crippen LogP contribution in [0.5, 0.6) is 0 Å². The highest BCUT2D eigenvalue weighted by atomic mass is 32.2. The number of amides is 1. The molecule has 0 aliphatic carbocycles. The Hall–Kier alpha value is -1.38. The quantitative estimate of drug-likeness (QED) is 0.764. The van der Waals surface area contributed by atoms with Crippen LogP contribution in [0.3, 0.4) is 0 Å². The fraction of sp³-hybridized carbons (Fsp3) is 0.562. The van der Waals surface area contributed by atoms with Crippen LogP contribution in [-0.2, 0) is 17.9 Å². The molecule has 6 nitrogen and oxygen atoms in total. The minimum atomic E-state index is 0.0722. The molecule has 3 rings (SSSR count). The zero-order valence-corrected chi connectivity index (χ0v) is 15.7. The van der Waals surface area contributed by atoms with Crippen molar-refractivity contribution >= 4 is 29.0 Å². The van der Waals surface area contributed by atoms with Gasteiger partial charge in [-0.05, 0) is 44.0 Å². The summed E-state index contributed by atoms with van der Waals surface area (Å²) in [7, 11) is 0. The molecule has 130 valence electrons. The molecule has 0 aromatic carbocycles. The van der Waals surface area contributed by atoms with E-state index in [4.69, 9.17) is 0 Å². The Morgan fingerprint density at radius 1 is 1.50 bits per heavy atom. The van der Waals surface area contributed by atoms with Crippen molar-refractivity contribution in [2.45, 2.75) is 44.1 Å². The number of likely N-dealkylation sites (tertiary alicyclic amines) is 1. The summed E-state index contributed by atoms with van der Waals surface area (Å²) >= 11 is 3.28. The van der Waals surface area contributed by atoms with Gasteiger partial charge in [0.25, 0.3) is 0 Å². The van der Waals surface area contributed by atoms with Gasteiger partial charge in [-0.3, -0.25) is 9.69 Å². The molecular weight excluding hydrogens is 342 g/mol. The molecule has 0 saturated carbocycles. The number of hydrogen-bond donors (Lipinski definition) is 1. The van der Waals surface area contributed by atoms with Gasteiger partial charge in [-0.1, -0.05) is 17.8 Å². The third kappa shape index (κ3) is 3.81. The Labute approximate surface area is 150 Å². The maximum absolute atomic E-state index is 12.3. The average Bonchev–Trinajstić information content (AvgIpc) is 3.32. The summed E-state index contributed by atoms with van der Waals surface area (Å²) in [6.07, 6.45) is 4.14. The molecule has 1 amide bonds. The number of thioether (sulfide) groups is 1. The highest BCUT2D eigenvalue weighted by Gasteiger charge is 2.31. The lowest BCUT2D eigenvalue weighted by atomic mass is 10.2. The minimum Gasteiger partial charge on any atom is -0.350 e. The van der Waals surface area contributed by atoms with E-state index in [9.17, 15) is 4.79 Å². The van der Waals surface area contributed by atoms with Gasteiger partial charge in [0.2, 0.25) is 5.91 Å². The molecule has 8 heteroatoms. The molecule has 2 aromatic heterocycles. The van der Waals surface area contributed by atoms with Crippen molar-refractivity contribution in [1.29, 1.82) is 0 Å². The molecule has 0 unspecified atom stereocenters. The van der Waals surface area contributed by atoms with Crippen LogP contribution in [0.25, 0.3) is 0 Å².